The van der Waals surface area contributed by atoms with E-state index in [1.807, 2.05) is 30.1 Å². The Labute approximate surface area is 171 Å². The topological polar surface area (TPSA) is 67.9 Å². The SMILES string of the molecule is Cc1cc(C)n(-c2cccc(-c3nccn3[C@@H]3CN[C@H](CO)C3)c2)n1.Cl.Cl. The van der Waals surface area contributed by atoms with E-state index in [4.69, 9.17) is 0 Å². The second kappa shape index (κ2) is 8.89. The predicted molar refractivity (Wildman–Crippen MR) is 111 cm³/mol. The number of imidazole rings is 1. The lowest BCUT2D eigenvalue weighted by atomic mass is 10.1. The number of aliphatic hydroxyl groups is 1. The molecule has 3 aromatic rings. The Morgan fingerprint density at radius 3 is 2.70 bits per heavy atom. The maximum Gasteiger partial charge on any atom is 0.140 e. The lowest BCUT2D eigenvalue weighted by Gasteiger charge is -2.15. The van der Waals surface area contributed by atoms with Gasteiger partial charge in [0.1, 0.15) is 5.82 Å². The first kappa shape index (κ1) is 21.4. The minimum atomic E-state index is 0. The molecule has 0 spiro atoms. The van der Waals surface area contributed by atoms with Gasteiger partial charge in [0.25, 0.3) is 0 Å². The summed E-state index contributed by atoms with van der Waals surface area (Å²) in [6, 6.07) is 10.9. The summed E-state index contributed by atoms with van der Waals surface area (Å²) in [5, 5.41) is 17.3. The number of aliphatic hydroxyl groups excluding tert-OH is 1. The van der Waals surface area contributed by atoms with Crippen LogP contribution in [-0.4, -0.2) is 43.6 Å². The maximum absolute atomic E-state index is 9.36. The molecular weight excluding hydrogens is 385 g/mol. The minimum absolute atomic E-state index is 0. The van der Waals surface area contributed by atoms with Crippen molar-refractivity contribution in [3.8, 4) is 17.1 Å². The van der Waals surface area contributed by atoms with Crippen molar-refractivity contribution in [2.45, 2.75) is 32.4 Å². The van der Waals surface area contributed by atoms with Gasteiger partial charge in [0.05, 0.1) is 18.0 Å². The quantitative estimate of drug-likeness (QED) is 0.694. The normalized spacial score (nSPS) is 18.8. The molecule has 1 aromatic carbocycles. The smallest absolute Gasteiger partial charge is 0.140 e. The Morgan fingerprint density at radius 2 is 2.04 bits per heavy atom. The molecule has 2 aromatic heterocycles. The van der Waals surface area contributed by atoms with Crippen molar-refractivity contribution >= 4 is 24.8 Å². The van der Waals surface area contributed by atoms with Crippen LogP contribution in [0.1, 0.15) is 23.9 Å². The van der Waals surface area contributed by atoms with Gasteiger partial charge in [0.15, 0.2) is 0 Å². The monoisotopic (exact) mass is 409 g/mol. The first-order chi connectivity index (χ1) is 12.2. The third kappa shape index (κ3) is 4.19. The van der Waals surface area contributed by atoms with Crippen LogP contribution in [0.5, 0.6) is 0 Å². The predicted octanol–water partition coefficient (Wildman–Crippen LogP) is 3.09. The van der Waals surface area contributed by atoms with Gasteiger partial charge in [-0.3, -0.25) is 0 Å². The van der Waals surface area contributed by atoms with Gasteiger partial charge in [0.2, 0.25) is 0 Å². The van der Waals surface area contributed by atoms with Crippen LogP contribution in [0.2, 0.25) is 0 Å². The van der Waals surface area contributed by atoms with Crippen LogP contribution in [0.25, 0.3) is 17.1 Å². The van der Waals surface area contributed by atoms with Crippen LogP contribution in [-0.2, 0) is 0 Å². The molecule has 4 rings (SSSR count). The Hall–Kier alpha value is -1.86. The molecule has 0 radical (unpaired) electrons. The van der Waals surface area contributed by atoms with Gasteiger partial charge in [-0.2, -0.15) is 5.10 Å². The summed E-state index contributed by atoms with van der Waals surface area (Å²) in [4.78, 5) is 4.59. The molecule has 0 unspecified atom stereocenters. The van der Waals surface area contributed by atoms with Crippen LogP contribution in [0, 0.1) is 13.8 Å². The Kier molecular flexibility index (Phi) is 7.06. The van der Waals surface area contributed by atoms with E-state index < -0.39 is 0 Å². The van der Waals surface area contributed by atoms with Gasteiger partial charge in [0, 0.05) is 42.3 Å². The fourth-order valence-electron chi connectivity index (χ4n) is 3.65. The molecule has 6 nitrogen and oxygen atoms in total. The molecule has 2 N–H and O–H groups in total. The highest BCUT2D eigenvalue weighted by molar-refractivity contribution is 5.85. The molecule has 0 saturated carbocycles. The zero-order valence-corrected chi connectivity index (χ0v) is 17.0. The summed E-state index contributed by atoms with van der Waals surface area (Å²) in [5.41, 5.74) is 4.23. The molecule has 146 valence electrons. The van der Waals surface area contributed by atoms with Crippen LogP contribution < -0.4 is 5.32 Å². The summed E-state index contributed by atoms with van der Waals surface area (Å²) in [7, 11) is 0. The largest absolute Gasteiger partial charge is 0.395 e. The average Bonchev–Trinajstić information content (AvgIpc) is 3.33. The summed E-state index contributed by atoms with van der Waals surface area (Å²) >= 11 is 0. The van der Waals surface area contributed by atoms with Crippen molar-refractivity contribution in [2.24, 2.45) is 0 Å². The molecule has 8 heteroatoms. The van der Waals surface area contributed by atoms with E-state index in [1.54, 1.807) is 0 Å². The zero-order valence-electron chi connectivity index (χ0n) is 15.4. The van der Waals surface area contributed by atoms with Gasteiger partial charge < -0.3 is 15.0 Å². The van der Waals surface area contributed by atoms with Crippen molar-refractivity contribution in [2.75, 3.05) is 13.2 Å². The van der Waals surface area contributed by atoms with E-state index in [9.17, 15) is 5.11 Å². The summed E-state index contributed by atoms with van der Waals surface area (Å²) in [6.45, 7) is 5.09. The first-order valence-corrected chi connectivity index (χ1v) is 8.67. The van der Waals surface area contributed by atoms with Crippen LogP contribution in [0.15, 0.2) is 42.7 Å². The van der Waals surface area contributed by atoms with Gasteiger partial charge in [-0.25, -0.2) is 9.67 Å². The number of halogens is 2. The highest BCUT2D eigenvalue weighted by Crippen LogP contribution is 2.27. The van der Waals surface area contributed by atoms with Gasteiger partial charge in [-0.15, -0.1) is 24.8 Å². The molecule has 27 heavy (non-hydrogen) atoms. The third-order valence-corrected chi connectivity index (χ3v) is 4.84. The van der Waals surface area contributed by atoms with Crippen molar-refractivity contribution in [1.82, 2.24) is 24.6 Å². The Morgan fingerprint density at radius 1 is 1.22 bits per heavy atom. The van der Waals surface area contributed by atoms with Gasteiger partial charge in [-0.05, 0) is 38.5 Å². The number of rotatable bonds is 4. The van der Waals surface area contributed by atoms with E-state index in [2.05, 4.69) is 51.2 Å². The molecule has 0 bridgehead atoms. The van der Waals surface area contributed by atoms with Crippen molar-refractivity contribution in [3.05, 3.63) is 54.1 Å². The van der Waals surface area contributed by atoms with Gasteiger partial charge in [-0.1, -0.05) is 12.1 Å². The number of aromatic nitrogens is 4. The fraction of sp³-hybridized carbons (Fsp3) is 0.368. The van der Waals surface area contributed by atoms with Crippen LogP contribution >= 0.6 is 24.8 Å². The number of hydrogen-bond donors (Lipinski definition) is 2. The van der Waals surface area contributed by atoms with Crippen molar-refractivity contribution in [3.63, 3.8) is 0 Å². The number of nitrogens with zero attached hydrogens (tertiary/aromatic N) is 4. The summed E-state index contributed by atoms with van der Waals surface area (Å²) in [5.74, 6) is 0.953. The summed E-state index contributed by atoms with van der Waals surface area (Å²) in [6.07, 6.45) is 4.78. The molecule has 2 atom stereocenters. The van der Waals surface area contributed by atoms with Crippen molar-refractivity contribution < 1.29 is 5.11 Å². The molecule has 1 saturated heterocycles. The lowest BCUT2D eigenvalue weighted by molar-refractivity contribution is 0.253. The average molecular weight is 410 g/mol. The number of benzene rings is 1. The molecule has 0 amide bonds. The lowest BCUT2D eigenvalue weighted by Crippen LogP contribution is -2.24. The minimum Gasteiger partial charge on any atom is -0.395 e. The fourth-order valence-corrected chi connectivity index (χ4v) is 3.65. The number of aryl methyl sites for hydroxylation is 2. The van der Waals surface area contributed by atoms with Gasteiger partial charge >= 0.3 is 0 Å². The third-order valence-electron chi connectivity index (χ3n) is 4.84. The summed E-state index contributed by atoms with van der Waals surface area (Å²) < 4.78 is 4.17. The zero-order chi connectivity index (χ0) is 17.4. The molecule has 1 aliphatic heterocycles. The van der Waals surface area contributed by atoms with E-state index in [1.165, 1.54) is 0 Å². The maximum atomic E-state index is 9.36. The molecule has 1 aliphatic rings. The van der Waals surface area contributed by atoms with Crippen LogP contribution in [0.3, 0.4) is 0 Å². The Bertz CT molecular complexity index is 892. The second-order valence-electron chi connectivity index (χ2n) is 6.72. The number of hydrogen-bond acceptors (Lipinski definition) is 4. The second-order valence-corrected chi connectivity index (χ2v) is 6.72. The molecule has 3 heterocycles. The van der Waals surface area contributed by atoms with E-state index >= 15 is 0 Å². The highest BCUT2D eigenvalue weighted by Gasteiger charge is 2.26. The van der Waals surface area contributed by atoms with E-state index in [0.29, 0.717) is 6.04 Å². The van der Waals surface area contributed by atoms with Crippen molar-refractivity contribution in [1.29, 1.82) is 0 Å². The Balaban J connectivity index is 0.00000131. The number of nitrogens with one attached hydrogen (secondary N) is 1. The van der Waals surface area contributed by atoms with E-state index in [0.717, 1.165) is 41.4 Å². The molecule has 1 fully saturated rings. The standard InChI is InChI=1S/C19H23N5O.2ClH/c1-13-8-14(2)24(22-13)17-5-3-4-15(9-17)19-20-6-7-23(19)18-10-16(12-25)21-11-18;;/h3-9,16,18,21,25H,10-12H2,1-2H3;2*1H/t16-,18-;;/m0../s1. The molecular formula is C19H25Cl2N5O. The first-order valence-electron chi connectivity index (χ1n) is 8.67. The highest BCUT2D eigenvalue weighted by atomic mass is 35.5. The molecule has 0 aliphatic carbocycles. The van der Waals surface area contributed by atoms with E-state index in [-0.39, 0.29) is 37.5 Å². The van der Waals surface area contributed by atoms with Crippen LogP contribution in [0.4, 0.5) is 0 Å².